The van der Waals surface area contributed by atoms with Crippen LogP contribution in [0.1, 0.15) is 24.3 Å². The summed E-state index contributed by atoms with van der Waals surface area (Å²) in [5.41, 5.74) is -1.10. The summed E-state index contributed by atoms with van der Waals surface area (Å²) in [6, 6.07) is 9.55. The van der Waals surface area contributed by atoms with E-state index in [9.17, 15) is 23.2 Å². The number of carbonyl (C=O) groups is 2. The average Bonchev–Trinajstić information content (AvgIpc) is 2.71. The number of esters is 1. The Labute approximate surface area is 170 Å². The molecule has 3 aromatic rings. The van der Waals surface area contributed by atoms with E-state index in [4.69, 9.17) is 4.74 Å². The van der Waals surface area contributed by atoms with Gasteiger partial charge in [-0.15, -0.1) is 0 Å². The lowest BCUT2D eigenvalue weighted by Crippen LogP contribution is -2.29. The summed E-state index contributed by atoms with van der Waals surface area (Å²) < 4.78 is 33.4. The first-order valence-electron chi connectivity index (χ1n) is 9.18. The van der Waals surface area contributed by atoms with Crippen LogP contribution < -0.4 is 10.9 Å². The SMILES string of the molecule is CC(C)Cn1nc(C(=O)OCC(=O)Nc2c(F)cccc2F)c2ccccc2c1=O. The predicted molar refractivity (Wildman–Crippen MR) is 106 cm³/mol. The number of halogens is 2. The van der Waals surface area contributed by atoms with Gasteiger partial charge in [0, 0.05) is 11.9 Å². The standard InChI is InChI=1S/C21H19F2N3O4/c1-12(2)10-26-20(28)14-7-4-3-6-13(14)18(25-26)21(29)30-11-17(27)24-19-15(22)8-5-9-16(19)23/h3-9,12H,10-11H2,1-2H3,(H,24,27). The molecule has 0 bridgehead atoms. The highest BCUT2D eigenvalue weighted by molar-refractivity contribution is 6.03. The molecule has 0 aliphatic heterocycles. The molecule has 9 heteroatoms. The van der Waals surface area contributed by atoms with E-state index in [1.54, 1.807) is 24.3 Å². The minimum Gasteiger partial charge on any atom is -0.451 e. The van der Waals surface area contributed by atoms with Gasteiger partial charge in [-0.3, -0.25) is 9.59 Å². The summed E-state index contributed by atoms with van der Waals surface area (Å²) in [6.45, 7) is 3.30. The number of carbonyl (C=O) groups excluding carboxylic acids is 2. The number of nitrogens with zero attached hydrogens (tertiary/aromatic N) is 2. The number of rotatable bonds is 6. The molecule has 0 saturated heterocycles. The Kier molecular flexibility index (Phi) is 6.20. The molecule has 7 nitrogen and oxygen atoms in total. The lowest BCUT2D eigenvalue weighted by molar-refractivity contribution is -0.119. The maximum absolute atomic E-state index is 13.6. The highest BCUT2D eigenvalue weighted by Crippen LogP contribution is 2.18. The Bertz CT molecular complexity index is 1150. The molecule has 2 aromatic carbocycles. The van der Waals surface area contributed by atoms with Gasteiger partial charge >= 0.3 is 5.97 Å². The molecule has 156 valence electrons. The Hall–Kier alpha value is -3.62. The highest BCUT2D eigenvalue weighted by Gasteiger charge is 2.20. The van der Waals surface area contributed by atoms with Crippen molar-refractivity contribution in [3.63, 3.8) is 0 Å². The summed E-state index contributed by atoms with van der Waals surface area (Å²) in [6.07, 6.45) is 0. The van der Waals surface area contributed by atoms with Gasteiger partial charge in [-0.2, -0.15) is 5.10 Å². The van der Waals surface area contributed by atoms with Gasteiger partial charge in [0.1, 0.15) is 17.3 Å². The third kappa shape index (κ3) is 4.51. The maximum atomic E-state index is 13.6. The van der Waals surface area contributed by atoms with Crippen LogP contribution in [0.15, 0.2) is 47.3 Å². The van der Waals surface area contributed by atoms with Gasteiger partial charge in [-0.05, 0) is 24.1 Å². The second-order valence-corrected chi connectivity index (χ2v) is 7.00. The summed E-state index contributed by atoms with van der Waals surface area (Å²) in [7, 11) is 0. The summed E-state index contributed by atoms with van der Waals surface area (Å²) in [5, 5.41) is 6.71. The highest BCUT2D eigenvalue weighted by atomic mass is 19.1. The summed E-state index contributed by atoms with van der Waals surface area (Å²) in [4.78, 5) is 37.1. The number of ether oxygens (including phenoxy) is 1. The van der Waals surface area contributed by atoms with Gasteiger partial charge in [0.25, 0.3) is 11.5 Å². The molecule has 3 rings (SSSR count). The molecule has 0 radical (unpaired) electrons. The van der Waals surface area contributed by atoms with Crippen LogP contribution in [0.25, 0.3) is 10.8 Å². The third-order valence-corrected chi connectivity index (χ3v) is 4.16. The van der Waals surface area contributed by atoms with Crippen LogP contribution in [0.4, 0.5) is 14.5 Å². The van der Waals surface area contributed by atoms with Crippen LogP contribution in [-0.4, -0.2) is 28.3 Å². The van der Waals surface area contributed by atoms with Gasteiger partial charge in [-0.1, -0.05) is 38.1 Å². The van der Waals surface area contributed by atoms with E-state index < -0.39 is 35.8 Å². The number of anilines is 1. The molecule has 0 saturated carbocycles. The molecule has 1 heterocycles. The van der Waals surface area contributed by atoms with Crippen molar-refractivity contribution in [2.24, 2.45) is 5.92 Å². The van der Waals surface area contributed by atoms with Crippen LogP contribution >= 0.6 is 0 Å². The molecule has 1 N–H and O–H groups in total. The van der Waals surface area contributed by atoms with Crippen molar-refractivity contribution >= 4 is 28.3 Å². The zero-order valence-corrected chi connectivity index (χ0v) is 16.3. The van der Waals surface area contributed by atoms with Crippen LogP contribution in [-0.2, 0) is 16.1 Å². The fourth-order valence-electron chi connectivity index (χ4n) is 2.85. The van der Waals surface area contributed by atoms with E-state index >= 15 is 0 Å². The van der Waals surface area contributed by atoms with E-state index in [0.717, 1.165) is 18.2 Å². The van der Waals surface area contributed by atoms with E-state index in [1.807, 2.05) is 19.2 Å². The van der Waals surface area contributed by atoms with Gasteiger partial charge in [0.15, 0.2) is 12.3 Å². The topological polar surface area (TPSA) is 90.3 Å². The molecule has 30 heavy (non-hydrogen) atoms. The van der Waals surface area contributed by atoms with Crippen molar-refractivity contribution in [3.05, 3.63) is 70.1 Å². The number of aromatic nitrogens is 2. The van der Waals surface area contributed by atoms with Crippen molar-refractivity contribution in [2.45, 2.75) is 20.4 Å². The van der Waals surface area contributed by atoms with Gasteiger partial charge in [-0.25, -0.2) is 18.3 Å². The van der Waals surface area contributed by atoms with Crippen molar-refractivity contribution in [1.29, 1.82) is 0 Å². The minimum atomic E-state index is -0.955. The number of para-hydroxylation sites is 1. The van der Waals surface area contributed by atoms with Crippen LogP contribution in [0.5, 0.6) is 0 Å². The first kappa shape index (κ1) is 21.1. The molecule has 0 fully saturated rings. The Morgan fingerprint density at radius 3 is 2.33 bits per heavy atom. The molecule has 0 spiro atoms. The quantitative estimate of drug-likeness (QED) is 0.625. The fourth-order valence-corrected chi connectivity index (χ4v) is 2.85. The molecule has 0 aliphatic rings. The number of benzene rings is 2. The van der Waals surface area contributed by atoms with Crippen molar-refractivity contribution in [3.8, 4) is 0 Å². The third-order valence-electron chi connectivity index (χ3n) is 4.16. The lowest BCUT2D eigenvalue weighted by Gasteiger charge is -2.12. The first-order valence-corrected chi connectivity index (χ1v) is 9.18. The monoisotopic (exact) mass is 415 g/mol. The lowest BCUT2D eigenvalue weighted by atomic mass is 10.1. The fraction of sp³-hybridized carbons (Fsp3) is 0.238. The second-order valence-electron chi connectivity index (χ2n) is 7.00. The molecular formula is C21H19F2N3O4. The molecular weight excluding hydrogens is 396 g/mol. The van der Waals surface area contributed by atoms with Crippen molar-refractivity contribution in [2.75, 3.05) is 11.9 Å². The van der Waals surface area contributed by atoms with Crippen molar-refractivity contribution in [1.82, 2.24) is 9.78 Å². The Balaban J connectivity index is 1.82. The molecule has 1 aromatic heterocycles. The summed E-state index contributed by atoms with van der Waals surface area (Å²) in [5.74, 6) is -3.67. The van der Waals surface area contributed by atoms with Gasteiger partial charge < -0.3 is 10.1 Å². The van der Waals surface area contributed by atoms with Gasteiger partial charge in [0.2, 0.25) is 0 Å². The van der Waals surface area contributed by atoms with Gasteiger partial charge in [0.05, 0.1) is 5.39 Å². The van der Waals surface area contributed by atoms with Crippen molar-refractivity contribution < 1.29 is 23.1 Å². The number of nitrogens with one attached hydrogen (secondary N) is 1. The minimum absolute atomic E-state index is 0.0988. The van der Waals surface area contributed by atoms with Crippen LogP contribution in [0.3, 0.4) is 0 Å². The zero-order valence-electron chi connectivity index (χ0n) is 16.3. The molecule has 1 amide bonds. The van der Waals surface area contributed by atoms with E-state index in [0.29, 0.717) is 0 Å². The average molecular weight is 415 g/mol. The molecule has 0 unspecified atom stereocenters. The number of fused-ring (bicyclic) bond motifs is 1. The zero-order chi connectivity index (χ0) is 21.8. The smallest absolute Gasteiger partial charge is 0.359 e. The normalized spacial score (nSPS) is 11.0. The van der Waals surface area contributed by atoms with Crippen LogP contribution in [0, 0.1) is 17.6 Å². The van der Waals surface area contributed by atoms with Crippen LogP contribution in [0.2, 0.25) is 0 Å². The maximum Gasteiger partial charge on any atom is 0.359 e. The number of hydrogen-bond donors (Lipinski definition) is 1. The number of amides is 1. The van der Waals surface area contributed by atoms with E-state index in [2.05, 4.69) is 5.10 Å². The molecule has 0 aliphatic carbocycles. The summed E-state index contributed by atoms with van der Waals surface area (Å²) >= 11 is 0. The second kappa shape index (κ2) is 8.81. The van der Waals surface area contributed by atoms with E-state index in [1.165, 1.54) is 4.68 Å². The Morgan fingerprint density at radius 1 is 1.07 bits per heavy atom. The Morgan fingerprint density at radius 2 is 1.70 bits per heavy atom. The van der Waals surface area contributed by atoms with E-state index in [-0.39, 0.29) is 34.5 Å². The molecule has 0 atom stereocenters. The predicted octanol–water partition coefficient (Wildman–Crippen LogP) is 3.13. The largest absolute Gasteiger partial charge is 0.451 e. The number of hydrogen-bond acceptors (Lipinski definition) is 5. The first-order chi connectivity index (χ1) is 14.3.